The maximum atomic E-state index is 13.6. The smallest absolute Gasteiger partial charge is 0.193 e. The Bertz CT molecular complexity index is 778. The largest absolute Gasteiger partial charge is 0.489 e. The third-order valence-electron chi connectivity index (χ3n) is 4.55. The van der Waals surface area contributed by atoms with Gasteiger partial charge in [-0.3, -0.25) is 9.67 Å². The van der Waals surface area contributed by atoms with Crippen LogP contribution in [0.3, 0.4) is 0 Å². The monoisotopic (exact) mass is 503 g/mol. The van der Waals surface area contributed by atoms with Crippen molar-refractivity contribution in [3.05, 3.63) is 47.0 Å². The molecule has 6 nitrogen and oxygen atoms in total. The SMILES string of the molecule is CCc1nn(C)c(CC)c1CNC(=NC)N(C)CCOc1ccccc1F.I. The summed E-state index contributed by atoms with van der Waals surface area (Å²) >= 11 is 0. The van der Waals surface area contributed by atoms with E-state index in [4.69, 9.17) is 4.74 Å². The molecule has 0 radical (unpaired) electrons. The van der Waals surface area contributed by atoms with E-state index in [1.807, 2.05) is 23.7 Å². The Labute approximate surface area is 184 Å². The van der Waals surface area contributed by atoms with Crippen molar-refractivity contribution in [2.24, 2.45) is 12.0 Å². The molecule has 0 spiro atoms. The first-order valence-corrected chi connectivity index (χ1v) is 9.34. The average Bonchev–Trinajstić information content (AvgIpc) is 2.98. The molecule has 1 aromatic carbocycles. The van der Waals surface area contributed by atoms with Gasteiger partial charge in [0.15, 0.2) is 17.5 Å². The number of guanidine groups is 1. The Kier molecular flexibility index (Phi) is 10.3. The van der Waals surface area contributed by atoms with Crippen molar-refractivity contribution in [2.75, 3.05) is 27.2 Å². The summed E-state index contributed by atoms with van der Waals surface area (Å²) in [5.74, 6) is 0.683. The quantitative estimate of drug-likeness (QED) is 0.341. The fraction of sp³-hybridized carbons (Fsp3) is 0.500. The number of halogens is 2. The van der Waals surface area contributed by atoms with E-state index in [0.717, 1.165) is 24.5 Å². The summed E-state index contributed by atoms with van der Waals surface area (Å²) in [5.41, 5.74) is 3.59. The number of aromatic nitrogens is 2. The van der Waals surface area contributed by atoms with Crippen molar-refractivity contribution in [1.29, 1.82) is 0 Å². The normalized spacial score (nSPS) is 11.1. The van der Waals surface area contributed by atoms with E-state index in [2.05, 4.69) is 29.3 Å². The molecule has 0 amide bonds. The van der Waals surface area contributed by atoms with Crippen LogP contribution in [-0.2, 0) is 26.4 Å². The zero-order valence-corrected chi connectivity index (χ0v) is 19.7. The van der Waals surface area contributed by atoms with Gasteiger partial charge in [0.1, 0.15) is 6.61 Å². The van der Waals surface area contributed by atoms with Gasteiger partial charge in [-0.05, 0) is 25.0 Å². The number of benzene rings is 1. The number of aliphatic imine (C=N–C) groups is 1. The molecule has 0 aliphatic rings. The Morgan fingerprint density at radius 3 is 2.61 bits per heavy atom. The summed E-state index contributed by atoms with van der Waals surface area (Å²) in [6.07, 6.45) is 1.83. The Morgan fingerprint density at radius 1 is 1.29 bits per heavy atom. The summed E-state index contributed by atoms with van der Waals surface area (Å²) in [6, 6.07) is 6.42. The van der Waals surface area contributed by atoms with Gasteiger partial charge in [0.05, 0.1) is 12.2 Å². The number of hydrogen-bond donors (Lipinski definition) is 1. The maximum Gasteiger partial charge on any atom is 0.193 e. The van der Waals surface area contributed by atoms with Crippen LogP contribution in [0.2, 0.25) is 0 Å². The predicted octanol–water partition coefficient (Wildman–Crippen LogP) is 3.39. The number of likely N-dealkylation sites (N-methyl/N-ethyl adjacent to an activating group) is 1. The first-order chi connectivity index (χ1) is 13.0. The molecule has 28 heavy (non-hydrogen) atoms. The highest BCUT2D eigenvalue weighted by Gasteiger charge is 2.15. The van der Waals surface area contributed by atoms with E-state index < -0.39 is 0 Å². The molecule has 0 atom stereocenters. The molecule has 0 bridgehead atoms. The van der Waals surface area contributed by atoms with Crippen molar-refractivity contribution in [3.63, 3.8) is 0 Å². The molecule has 156 valence electrons. The van der Waals surface area contributed by atoms with Gasteiger partial charge in [0.2, 0.25) is 0 Å². The van der Waals surface area contributed by atoms with E-state index in [1.54, 1.807) is 25.2 Å². The zero-order valence-electron chi connectivity index (χ0n) is 17.3. The molecule has 0 saturated heterocycles. The van der Waals surface area contributed by atoms with Gasteiger partial charge >= 0.3 is 0 Å². The molecule has 1 aromatic heterocycles. The highest BCUT2D eigenvalue weighted by molar-refractivity contribution is 14.0. The van der Waals surface area contributed by atoms with E-state index in [9.17, 15) is 4.39 Å². The third kappa shape index (κ3) is 6.08. The Hall–Kier alpha value is -1.84. The molecular weight excluding hydrogens is 472 g/mol. The van der Waals surface area contributed by atoms with Crippen LogP contribution in [0.15, 0.2) is 29.3 Å². The predicted molar refractivity (Wildman–Crippen MR) is 122 cm³/mol. The lowest BCUT2D eigenvalue weighted by Crippen LogP contribution is -2.40. The number of hydrogen-bond acceptors (Lipinski definition) is 3. The highest BCUT2D eigenvalue weighted by atomic mass is 127. The van der Waals surface area contributed by atoms with Crippen molar-refractivity contribution in [2.45, 2.75) is 33.2 Å². The number of para-hydroxylation sites is 1. The summed E-state index contributed by atoms with van der Waals surface area (Å²) < 4.78 is 21.1. The fourth-order valence-corrected chi connectivity index (χ4v) is 3.11. The van der Waals surface area contributed by atoms with Crippen LogP contribution in [0.25, 0.3) is 0 Å². The maximum absolute atomic E-state index is 13.6. The standard InChI is InChI=1S/C20H30FN5O.HI/c1-6-17-15(18(7-2)26(5)24-17)14-23-20(22-3)25(4)12-13-27-19-11-9-8-10-16(19)21;/h8-11H,6-7,12-14H2,1-5H3,(H,22,23);1H. The van der Waals surface area contributed by atoms with Crippen molar-refractivity contribution < 1.29 is 9.13 Å². The lowest BCUT2D eigenvalue weighted by molar-refractivity contribution is 0.270. The lowest BCUT2D eigenvalue weighted by atomic mass is 10.1. The summed E-state index contributed by atoms with van der Waals surface area (Å²) in [5, 5.41) is 8.01. The minimum atomic E-state index is -0.349. The van der Waals surface area contributed by atoms with Gasteiger partial charge in [-0.2, -0.15) is 5.10 Å². The van der Waals surface area contributed by atoms with Crippen LogP contribution in [0.5, 0.6) is 5.75 Å². The molecule has 1 heterocycles. The van der Waals surface area contributed by atoms with Gasteiger partial charge in [0, 0.05) is 38.9 Å². The molecule has 0 saturated carbocycles. The first kappa shape index (κ1) is 24.2. The molecular formula is C20H31FIN5O. The summed E-state index contributed by atoms with van der Waals surface area (Å²) in [7, 11) is 5.68. The Morgan fingerprint density at radius 2 is 2.00 bits per heavy atom. The highest BCUT2D eigenvalue weighted by Crippen LogP contribution is 2.16. The second-order valence-corrected chi connectivity index (χ2v) is 6.30. The number of aryl methyl sites for hydroxylation is 2. The molecule has 2 aromatic rings. The number of ether oxygens (including phenoxy) is 1. The topological polar surface area (TPSA) is 54.7 Å². The first-order valence-electron chi connectivity index (χ1n) is 9.34. The van der Waals surface area contributed by atoms with Crippen LogP contribution in [0.1, 0.15) is 30.8 Å². The molecule has 1 N–H and O–H groups in total. The van der Waals surface area contributed by atoms with E-state index in [0.29, 0.717) is 19.7 Å². The van der Waals surface area contributed by atoms with Gasteiger partial charge in [-0.15, -0.1) is 24.0 Å². The molecule has 8 heteroatoms. The number of nitrogens with zero attached hydrogens (tertiary/aromatic N) is 4. The molecule has 0 fully saturated rings. The van der Waals surface area contributed by atoms with Crippen LogP contribution in [0.4, 0.5) is 4.39 Å². The second kappa shape index (κ2) is 11.9. The van der Waals surface area contributed by atoms with Crippen LogP contribution in [-0.4, -0.2) is 47.9 Å². The van der Waals surface area contributed by atoms with Crippen molar-refractivity contribution >= 4 is 29.9 Å². The lowest BCUT2D eigenvalue weighted by Gasteiger charge is -2.22. The zero-order chi connectivity index (χ0) is 19.8. The van der Waals surface area contributed by atoms with Crippen LogP contribution in [0, 0.1) is 5.82 Å². The summed E-state index contributed by atoms with van der Waals surface area (Å²) in [4.78, 5) is 6.31. The molecule has 2 rings (SSSR count). The molecule has 0 aliphatic carbocycles. The van der Waals surface area contributed by atoms with E-state index in [1.165, 1.54) is 17.3 Å². The van der Waals surface area contributed by atoms with Crippen LogP contribution < -0.4 is 10.1 Å². The number of nitrogens with one attached hydrogen (secondary N) is 1. The minimum Gasteiger partial charge on any atom is -0.489 e. The second-order valence-electron chi connectivity index (χ2n) is 6.30. The van der Waals surface area contributed by atoms with Crippen LogP contribution >= 0.6 is 24.0 Å². The van der Waals surface area contributed by atoms with Gasteiger partial charge in [0.25, 0.3) is 0 Å². The minimum absolute atomic E-state index is 0. The molecule has 0 aliphatic heterocycles. The summed E-state index contributed by atoms with van der Waals surface area (Å²) in [6.45, 7) is 5.88. The van der Waals surface area contributed by atoms with Gasteiger partial charge < -0.3 is 15.0 Å². The van der Waals surface area contributed by atoms with E-state index >= 15 is 0 Å². The number of rotatable bonds is 8. The Balaban J connectivity index is 0.00000392. The average molecular weight is 503 g/mol. The van der Waals surface area contributed by atoms with Crippen molar-refractivity contribution in [3.8, 4) is 5.75 Å². The van der Waals surface area contributed by atoms with Gasteiger partial charge in [-0.25, -0.2) is 4.39 Å². The fourth-order valence-electron chi connectivity index (χ4n) is 3.11. The molecule has 0 unspecified atom stereocenters. The van der Waals surface area contributed by atoms with Crippen molar-refractivity contribution in [1.82, 2.24) is 20.0 Å². The third-order valence-corrected chi connectivity index (χ3v) is 4.55. The van der Waals surface area contributed by atoms with E-state index in [-0.39, 0.29) is 35.5 Å². The van der Waals surface area contributed by atoms with Gasteiger partial charge in [-0.1, -0.05) is 26.0 Å².